The van der Waals surface area contributed by atoms with Gasteiger partial charge in [-0.15, -0.1) is 0 Å². The van der Waals surface area contributed by atoms with Gasteiger partial charge in [-0.1, -0.05) is 6.92 Å². The highest BCUT2D eigenvalue weighted by atomic mass is 15.2. The van der Waals surface area contributed by atoms with Crippen molar-refractivity contribution in [2.45, 2.75) is 25.8 Å². The van der Waals surface area contributed by atoms with Crippen LogP contribution in [0.4, 0.5) is 0 Å². The normalized spacial score (nSPS) is 26.8. The fourth-order valence-electron chi connectivity index (χ4n) is 2.13. The lowest BCUT2D eigenvalue weighted by Gasteiger charge is -2.37. The van der Waals surface area contributed by atoms with Crippen LogP contribution in [0, 0.1) is 5.92 Å². The van der Waals surface area contributed by atoms with Crippen LogP contribution in [-0.2, 0) is 0 Å². The van der Waals surface area contributed by atoms with E-state index in [2.05, 4.69) is 30.8 Å². The smallest absolute Gasteiger partial charge is 0.0217 e. The second-order valence-electron chi connectivity index (χ2n) is 4.86. The average Bonchev–Trinajstić information content (AvgIpc) is 2.18. The molecule has 1 aliphatic rings. The molecule has 0 radical (unpaired) electrons. The van der Waals surface area contributed by atoms with Crippen molar-refractivity contribution in [2.75, 3.05) is 40.3 Å². The second-order valence-corrected chi connectivity index (χ2v) is 4.86. The highest BCUT2D eigenvalue weighted by molar-refractivity contribution is 4.78. The maximum Gasteiger partial charge on any atom is 0.0217 e. The summed E-state index contributed by atoms with van der Waals surface area (Å²) in [6.45, 7) is 6.69. The summed E-state index contributed by atoms with van der Waals surface area (Å²) < 4.78 is 0. The number of piperidine rings is 1. The minimum Gasteiger partial charge on any atom is -0.330 e. The number of hydrogen-bond acceptors (Lipinski definition) is 3. The van der Waals surface area contributed by atoms with Gasteiger partial charge >= 0.3 is 0 Å². The molecule has 1 saturated heterocycles. The van der Waals surface area contributed by atoms with E-state index in [1.165, 1.54) is 32.5 Å². The maximum atomic E-state index is 5.65. The Labute approximate surface area is 88.2 Å². The Bertz CT molecular complexity index is 159. The Morgan fingerprint density at radius 1 is 1.50 bits per heavy atom. The molecule has 3 heteroatoms. The molecule has 1 rings (SSSR count). The number of nitrogens with zero attached hydrogens (tertiary/aromatic N) is 2. The largest absolute Gasteiger partial charge is 0.330 e. The van der Waals surface area contributed by atoms with E-state index in [4.69, 9.17) is 5.73 Å². The summed E-state index contributed by atoms with van der Waals surface area (Å²) in [6, 6.07) is 0.744. The molecule has 1 heterocycles. The van der Waals surface area contributed by atoms with Gasteiger partial charge in [0.2, 0.25) is 0 Å². The molecule has 2 atom stereocenters. The molecule has 0 aromatic carbocycles. The Morgan fingerprint density at radius 2 is 2.21 bits per heavy atom. The average molecular weight is 199 g/mol. The standard InChI is InChI=1S/C11H25N3/c1-10(7-12)8-14-6-4-5-11(9-14)13(2)3/h10-11H,4-9,12H2,1-3H3. The van der Waals surface area contributed by atoms with Crippen LogP contribution >= 0.6 is 0 Å². The molecule has 2 N–H and O–H groups in total. The maximum absolute atomic E-state index is 5.65. The summed E-state index contributed by atoms with van der Waals surface area (Å²) in [5, 5.41) is 0. The number of likely N-dealkylation sites (tertiary alicyclic amines) is 1. The van der Waals surface area contributed by atoms with Crippen molar-refractivity contribution in [1.29, 1.82) is 0 Å². The van der Waals surface area contributed by atoms with Crippen molar-refractivity contribution < 1.29 is 0 Å². The SMILES string of the molecule is CC(CN)CN1CCCC(N(C)C)C1. The van der Waals surface area contributed by atoms with Gasteiger partial charge in [0.1, 0.15) is 0 Å². The fraction of sp³-hybridized carbons (Fsp3) is 1.00. The summed E-state index contributed by atoms with van der Waals surface area (Å²) in [4.78, 5) is 4.91. The van der Waals surface area contributed by atoms with E-state index in [0.717, 1.165) is 12.6 Å². The second kappa shape index (κ2) is 5.69. The van der Waals surface area contributed by atoms with E-state index in [-0.39, 0.29) is 0 Å². The molecule has 0 aromatic rings. The Kier molecular flexibility index (Phi) is 4.85. The molecular weight excluding hydrogens is 174 g/mol. The summed E-state index contributed by atoms with van der Waals surface area (Å²) in [5.74, 6) is 0.635. The Hall–Kier alpha value is -0.120. The third-order valence-electron chi connectivity index (χ3n) is 3.18. The van der Waals surface area contributed by atoms with Crippen LogP contribution in [0.25, 0.3) is 0 Å². The molecule has 2 unspecified atom stereocenters. The minimum atomic E-state index is 0.635. The molecular formula is C11H25N3. The van der Waals surface area contributed by atoms with Crippen molar-refractivity contribution in [1.82, 2.24) is 9.80 Å². The molecule has 0 spiro atoms. The zero-order valence-electron chi connectivity index (χ0n) is 9.87. The molecule has 3 nitrogen and oxygen atoms in total. The number of hydrogen-bond donors (Lipinski definition) is 1. The van der Waals surface area contributed by atoms with E-state index in [1.807, 2.05) is 0 Å². The molecule has 14 heavy (non-hydrogen) atoms. The van der Waals surface area contributed by atoms with E-state index < -0.39 is 0 Å². The van der Waals surface area contributed by atoms with Crippen LogP contribution < -0.4 is 5.73 Å². The van der Waals surface area contributed by atoms with Gasteiger partial charge in [-0.3, -0.25) is 0 Å². The van der Waals surface area contributed by atoms with Gasteiger partial charge in [-0.05, 0) is 45.9 Å². The van der Waals surface area contributed by atoms with E-state index in [1.54, 1.807) is 0 Å². The lowest BCUT2D eigenvalue weighted by molar-refractivity contribution is 0.121. The third kappa shape index (κ3) is 3.56. The summed E-state index contributed by atoms with van der Waals surface area (Å²) in [5.41, 5.74) is 5.65. The monoisotopic (exact) mass is 199 g/mol. The zero-order chi connectivity index (χ0) is 10.6. The van der Waals surface area contributed by atoms with Gasteiger partial charge in [-0.25, -0.2) is 0 Å². The predicted molar refractivity (Wildman–Crippen MR) is 61.4 cm³/mol. The van der Waals surface area contributed by atoms with Crippen LogP contribution in [0.3, 0.4) is 0 Å². The van der Waals surface area contributed by atoms with Crippen molar-refractivity contribution in [2.24, 2.45) is 11.7 Å². The van der Waals surface area contributed by atoms with Gasteiger partial charge in [-0.2, -0.15) is 0 Å². The van der Waals surface area contributed by atoms with Crippen LogP contribution in [0.2, 0.25) is 0 Å². The van der Waals surface area contributed by atoms with Gasteiger partial charge < -0.3 is 15.5 Å². The van der Waals surface area contributed by atoms with Crippen LogP contribution in [0.15, 0.2) is 0 Å². The molecule has 1 aliphatic heterocycles. The first-order valence-corrected chi connectivity index (χ1v) is 5.72. The highest BCUT2D eigenvalue weighted by Crippen LogP contribution is 2.14. The van der Waals surface area contributed by atoms with E-state index in [0.29, 0.717) is 5.92 Å². The first kappa shape index (κ1) is 12.0. The van der Waals surface area contributed by atoms with E-state index in [9.17, 15) is 0 Å². The van der Waals surface area contributed by atoms with Crippen LogP contribution in [0.5, 0.6) is 0 Å². The number of likely N-dealkylation sites (N-methyl/N-ethyl adjacent to an activating group) is 1. The fourth-order valence-corrected chi connectivity index (χ4v) is 2.13. The molecule has 0 bridgehead atoms. The lowest BCUT2D eigenvalue weighted by atomic mass is 10.0. The molecule has 0 aromatic heterocycles. The summed E-state index contributed by atoms with van der Waals surface area (Å²) in [6.07, 6.45) is 2.68. The van der Waals surface area contributed by atoms with Gasteiger partial charge in [0.25, 0.3) is 0 Å². The Morgan fingerprint density at radius 3 is 2.79 bits per heavy atom. The zero-order valence-corrected chi connectivity index (χ0v) is 9.87. The highest BCUT2D eigenvalue weighted by Gasteiger charge is 2.21. The molecule has 1 fully saturated rings. The molecule has 84 valence electrons. The molecule has 0 saturated carbocycles. The van der Waals surface area contributed by atoms with Crippen molar-refractivity contribution in [3.63, 3.8) is 0 Å². The van der Waals surface area contributed by atoms with Crippen molar-refractivity contribution in [3.8, 4) is 0 Å². The van der Waals surface area contributed by atoms with Crippen molar-refractivity contribution in [3.05, 3.63) is 0 Å². The molecule has 0 amide bonds. The minimum absolute atomic E-state index is 0.635. The van der Waals surface area contributed by atoms with Gasteiger partial charge in [0, 0.05) is 19.1 Å². The van der Waals surface area contributed by atoms with Gasteiger partial charge in [0.15, 0.2) is 0 Å². The first-order chi connectivity index (χ1) is 6.63. The lowest BCUT2D eigenvalue weighted by Crippen LogP contribution is -2.46. The Balaban J connectivity index is 2.32. The van der Waals surface area contributed by atoms with Crippen LogP contribution in [-0.4, -0.2) is 56.1 Å². The first-order valence-electron chi connectivity index (χ1n) is 5.72. The summed E-state index contributed by atoms with van der Waals surface area (Å²) >= 11 is 0. The van der Waals surface area contributed by atoms with Crippen molar-refractivity contribution >= 4 is 0 Å². The van der Waals surface area contributed by atoms with Gasteiger partial charge in [0.05, 0.1) is 0 Å². The number of nitrogens with two attached hydrogens (primary N) is 1. The predicted octanol–water partition coefficient (Wildman–Crippen LogP) is 0.607. The number of rotatable bonds is 4. The quantitative estimate of drug-likeness (QED) is 0.720. The topological polar surface area (TPSA) is 32.5 Å². The third-order valence-corrected chi connectivity index (χ3v) is 3.18. The summed E-state index contributed by atoms with van der Waals surface area (Å²) in [7, 11) is 4.36. The van der Waals surface area contributed by atoms with E-state index >= 15 is 0 Å². The molecule has 0 aliphatic carbocycles. The van der Waals surface area contributed by atoms with Crippen LogP contribution in [0.1, 0.15) is 19.8 Å².